The zero-order chi connectivity index (χ0) is 14.7. The molecule has 20 heavy (non-hydrogen) atoms. The zero-order valence-electron chi connectivity index (χ0n) is 11.8. The Labute approximate surface area is 133 Å². The van der Waals surface area contributed by atoms with E-state index in [1.807, 2.05) is 38.4 Å². The van der Waals surface area contributed by atoms with Crippen molar-refractivity contribution in [2.45, 2.75) is 19.8 Å². The van der Waals surface area contributed by atoms with Gasteiger partial charge in [-0.2, -0.15) is 0 Å². The van der Waals surface area contributed by atoms with E-state index in [-0.39, 0.29) is 0 Å². The molecule has 3 nitrogen and oxygen atoms in total. The molecule has 1 aromatic heterocycles. The van der Waals surface area contributed by atoms with Crippen molar-refractivity contribution in [3.63, 3.8) is 0 Å². The van der Waals surface area contributed by atoms with Crippen LogP contribution in [0.4, 0.5) is 5.69 Å². The molecule has 0 fully saturated rings. The molecule has 106 valence electrons. The van der Waals surface area contributed by atoms with Crippen LogP contribution >= 0.6 is 27.5 Å². The number of benzene rings is 1. The summed E-state index contributed by atoms with van der Waals surface area (Å²) in [5.74, 6) is 0.673. The van der Waals surface area contributed by atoms with Crippen LogP contribution in [-0.4, -0.2) is 24.1 Å². The second-order valence-electron chi connectivity index (χ2n) is 4.79. The lowest BCUT2D eigenvalue weighted by atomic mass is 10.1. The van der Waals surface area contributed by atoms with E-state index in [0.717, 1.165) is 34.3 Å². The topological polar surface area (TPSA) is 29.0 Å². The third-order valence-electron chi connectivity index (χ3n) is 3.01. The molecule has 5 heteroatoms. The Hall–Kier alpha value is -1.13. The summed E-state index contributed by atoms with van der Waals surface area (Å²) in [6.07, 6.45) is 1.90. The Balaban J connectivity index is 2.41. The van der Waals surface area contributed by atoms with Gasteiger partial charge in [0.2, 0.25) is 0 Å². The quantitative estimate of drug-likeness (QED) is 0.753. The van der Waals surface area contributed by atoms with E-state index in [0.29, 0.717) is 11.0 Å². The Kier molecular flexibility index (Phi) is 5.00. The van der Waals surface area contributed by atoms with Crippen molar-refractivity contribution in [3.8, 4) is 11.4 Å². The normalized spacial score (nSPS) is 10.7. The predicted octanol–water partition coefficient (Wildman–Crippen LogP) is 4.58. The SMILES string of the molecule is CCCc1nc(-c2ccc(N(C)C)cc2)nc(Cl)c1Br. The molecule has 0 saturated carbocycles. The molecular weight excluding hydrogens is 338 g/mol. The minimum atomic E-state index is 0.468. The fraction of sp³-hybridized carbons (Fsp3) is 0.333. The maximum Gasteiger partial charge on any atom is 0.161 e. The van der Waals surface area contributed by atoms with Gasteiger partial charge in [0.15, 0.2) is 5.82 Å². The zero-order valence-corrected chi connectivity index (χ0v) is 14.2. The van der Waals surface area contributed by atoms with Gasteiger partial charge in [0.1, 0.15) is 5.15 Å². The number of anilines is 1. The standard InChI is InChI=1S/C15H17BrClN3/c1-4-5-12-13(16)14(17)19-15(18-12)10-6-8-11(9-7-10)20(2)3/h6-9H,4-5H2,1-3H3. The van der Waals surface area contributed by atoms with Crippen molar-refractivity contribution in [1.29, 1.82) is 0 Å². The average Bonchev–Trinajstić information content (AvgIpc) is 2.44. The molecule has 2 rings (SSSR count). The number of nitrogens with zero attached hydrogens (tertiary/aromatic N) is 3. The first kappa shape index (κ1) is 15.3. The van der Waals surface area contributed by atoms with Gasteiger partial charge in [0, 0.05) is 25.3 Å². The number of rotatable bonds is 4. The molecule has 0 saturated heterocycles. The number of aryl methyl sites for hydroxylation is 1. The highest BCUT2D eigenvalue weighted by Gasteiger charge is 2.11. The Bertz CT molecular complexity index is 597. The summed E-state index contributed by atoms with van der Waals surface area (Å²) in [5, 5.41) is 0.468. The van der Waals surface area contributed by atoms with Gasteiger partial charge in [0.05, 0.1) is 10.2 Å². The summed E-state index contributed by atoms with van der Waals surface area (Å²) < 4.78 is 0.801. The molecule has 0 bridgehead atoms. The monoisotopic (exact) mass is 353 g/mol. The van der Waals surface area contributed by atoms with Gasteiger partial charge in [-0.05, 0) is 46.6 Å². The third kappa shape index (κ3) is 3.30. The molecule has 0 radical (unpaired) electrons. The van der Waals surface area contributed by atoms with Gasteiger partial charge in [-0.25, -0.2) is 9.97 Å². The number of hydrogen-bond donors (Lipinski definition) is 0. The molecule has 0 amide bonds. The Morgan fingerprint density at radius 2 is 1.80 bits per heavy atom. The first-order chi connectivity index (χ1) is 9.52. The maximum atomic E-state index is 6.18. The number of halogens is 2. The molecule has 0 aliphatic heterocycles. The fourth-order valence-electron chi connectivity index (χ4n) is 1.90. The third-order valence-corrected chi connectivity index (χ3v) is 4.34. The molecule has 0 aliphatic carbocycles. The van der Waals surface area contributed by atoms with E-state index in [1.54, 1.807) is 0 Å². The van der Waals surface area contributed by atoms with Crippen LogP contribution in [0.3, 0.4) is 0 Å². The summed E-state index contributed by atoms with van der Waals surface area (Å²) in [4.78, 5) is 11.0. The minimum absolute atomic E-state index is 0.468. The highest BCUT2D eigenvalue weighted by molar-refractivity contribution is 9.10. The summed E-state index contributed by atoms with van der Waals surface area (Å²) in [5.41, 5.74) is 3.08. The molecule has 0 spiro atoms. The predicted molar refractivity (Wildman–Crippen MR) is 88.5 cm³/mol. The van der Waals surface area contributed by atoms with Crippen molar-refractivity contribution >= 4 is 33.2 Å². The van der Waals surface area contributed by atoms with Crippen LogP contribution in [0.25, 0.3) is 11.4 Å². The molecule has 1 aromatic carbocycles. The van der Waals surface area contributed by atoms with E-state index in [9.17, 15) is 0 Å². The molecule has 0 aliphatic rings. The first-order valence-corrected chi connectivity index (χ1v) is 7.69. The van der Waals surface area contributed by atoms with Gasteiger partial charge >= 0.3 is 0 Å². The van der Waals surface area contributed by atoms with Gasteiger partial charge < -0.3 is 4.90 Å². The Morgan fingerprint density at radius 1 is 1.15 bits per heavy atom. The molecule has 0 unspecified atom stereocenters. The van der Waals surface area contributed by atoms with E-state index >= 15 is 0 Å². The molecule has 0 N–H and O–H groups in total. The summed E-state index contributed by atoms with van der Waals surface area (Å²) in [6.45, 7) is 2.12. The largest absolute Gasteiger partial charge is 0.378 e. The lowest BCUT2D eigenvalue weighted by molar-refractivity contribution is 0.868. The van der Waals surface area contributed by atoms with Crippen LogP contribution in [0.2, 0.25) is 5.15 Å². The van der Waals surface area contributed by atoms with Crippen LogP contribution in [0, 0.1) is 0 Å². The van der Waals surface area contributed by atoms with Crippen molar-refractivity contribution in [3.05, 3.63) is 39.6 Å². The van der Waals surface area contributed by atoms with Gasteiger partial charge in [0.25, 0.3) is 0 Å². The van der Waals surface area contributed by atoms with Crippen molar-refractivity contribution < 1.29 is 0 Å². The van der Waals surface area contributed by atoms with Crippen LogP contribution < -0.4 is 4.90 Å². The number of aromatic nitrogens is 2. The first-order valence-electron chi connectivity index (χ1n) is 6.52. The van der Waals surface area contributed by atoms with Crippen LogP contribution in [0.5, 0.6) is 0 Å². The molecular formula is C15H17BrClN3. The molecule has 1 heterocycles. The van der Waals surface area contributed by atoms with Crippen molar-refractivity contribution in [2.75, 3.05) is 19.0 Å². The van der Waals surface area contributed by atoms with E-state index in [4.69, 9.17) is 11.6 Å². The fourth-order valence-corrected chi connectivity index (χ4v) is 2.47. The maximum absolute atomic E-state index is 6.18. The lowest BCUT2D eigenvalue weighted by Gasteiger charge is -2.13. The summed E-state index contributed by atoms with van der Waals surface area (Å²) >= 11 is 9.64. The van der Waals surface area contributed by atoms with Gasteiger partial charge in [-0.1, -0.05) is 24.9 Å². The van der Waals surface area contributed by atoms with Crippen LogP contribution in [0.15, 0.2) is 28.7 Å². The van der Waals surface area contributed by atoms with Crippen LogP contribution in [-0.2, 0) is 6.42 Å². The highest BCUT2D eigenvalue weighted by atomic mass is 79.9. The second kappa shape index (κ2) is 6.55. The van der Waals surface area contributed by atoms with E-state index < -0.39 is 0 Å². The minimum Gasteiger partial charge on any atom is -0.378 e. The van der Waals surface area contributed by atoms with Gasteiger partial charge in [-0.3, -0.25) is 0 Å². The van der Waals surface area contributed by atoms with E-state index in [1.165, 1.54) is 0 Å². The van der Waals surface area contributed by atoms with Gasteiger partial charge in [-0.15, -0.1) is 0 Å². The molecule has 0 atom stereocenters. The van der Waals surface area contributed by atoms with Crippen molar-refractivity contribution in [2.24, 2.45) is 0 Å². The second-order valence-corrected chi connectivity index (χ2v) is 5.94. The summed E-state index contributed by atoms with van der Waals surface area (Å²) in [6, 6.07) is 8.14. The van der Waals surface area contributed by atoms with Crippen LogP contribution in [0.1, 0.15) is 19.0 Å². The highest BCUT2D eigenvalue weighted by Crippen LogP contribution is 2.28. The molecule has 2 aromatic rings. The Morgan fingerprint density at radius 3 is 2.35 bits per heavy atom. The average molecular weight is 355 g/mol. The van der Waals surface area contributed by atoms with Crippen molar-refractivity contribution in [1.82, 2.24) is 9.97 Å². The smallest absolute Gasteiger partial charge is 0.161 e. The number of hydrogen-bond acceptors (Lipinski definition) is 3. The summed E-state index contributed by atoms with van der Waals surface area (Å²) in [7, 11) is 4.03. The lowest BCUT2D eigenvalue weighted by Crippen LogP contribution is -2.08. The van der Waals surface area contributed by atoms with E-state index in [2.05, 4.69) is 37.7 Å².